The summed E-state index contributed by atoms with van der Waals surface area (Å²) in [7, 11) is 0. The number of hydrogen-bond acceptors (Lipinski definition) is 2. The van der Waals surface area contributed by atoms with Gasteiger partial charge in [0.05, 0.1) is 0 Å². The Kier molecular flexibility index (Phi) is 3.58. The van der Waals surface area contributed by atoms with Crippen LogP contribution in [0.15, 0.2) is 24.3 Å². The van der Waals surface area contributed by atoms with Gasteiger partial charge in [-0.25, -0.2) is 4.39 Å². The number of halogens is 1. The van der Waals surface area contributed by atoms with Crippen LogP contribution in [0.3, 0.4) is 0 Å². The third-order valence-electron chi connectivity index (χ3n) is 1.79. The number of nitrogens with two attached hydrogens (primary N) is 1. The van der Waals surface area contributed by atoms with Crippen LogP contribution < -0.4 is 5.73 Å². The molecule has 1 aromatic carbocycles. The van der Waals surface area contributed by atoms with E-state index in [1.807, 2.05) is 0 Å². The van der Waals surface area contributed by atoms with Crippen molar-refractivity contribution in [3.63, 3.8) is 0 Å². The van der Waals surface area contributed by atoms with Crippen molar-refractivity contribution in [3.05, 3.63) is 35.6 Å². The maximum Gasteiger partial charge on any atom is 0.123 e. The van der Waals surface area contributed by atoms with Crippen LogP contribution in [0, 0.1) is 5.82 Å². The number of carbonyl (C=O) groups is 1. The first-order valence-electron chi connectivity index (χ1n) is 4.16. The van der Waals surface area contributed by atoms with E-state index in [2.05, 4.69) is 0 Å². The van der Waals surface area contributed by atoms with Crippen molar-refractivity contribution in [1.82, 2.24) is 0 Å². The van der Waals surface area contributed by atoms with E-state index in [1.165, 1.54) is 12.1 Å². The van der Waals surface area contributed by atoms with Crippen molar-refractivity contribution in [2.75, 3.05) is 0 Å². The predicted molar refractivity (Wildman–Crippen MR) is 48.8 cm³/mol. The van der Waals surface area contributed by atoms with Crippen LogP contribution in [0.2, 0.25) is 0 Å². The zero-order valence-electron chi connectivity index (χ0n) is 7.24. The largest absolute Gasteiger partial charge is 0.327 e. The molecule has 2 N–H and O–H groups in total. The van der Waals surface area contributed by atoms with E-state index in [1.54, 1.807) is 12.1 Å². The fraction of sp³-hybridized carbons (Fsp3) is 0.300. The molecule has 1 atom stereocenters. The summed E-state index contributed by atoms with van der Waals surface area (Å²) >= 11 is 0. The van der Waals surface area contributed by atoms with E-state index in [9.17, 15) is 9.18 Å². The standard InChI is InChI=1S/C10H12FNO/c11-9-3-1-2-8(6-9)7-10(12)4-5-13/h1-3,5-6,10H,4,7,12H2/t10-/m0/s1. The summed E-state index contributed by atoms with van der Waals surface area (Å²) in [4.78, 5) is 10.1. The summed E-state index contributed by atoms with van der Waals surface area (Å²) in [5, 5.41) is 0. The monoisotopic (exact) mass is 181 g/mol. The van der Waals surface area contributed by atoms with Crippen molar-refractivity contribution in [2.24, 2.45) is 5.73 Å². The average Bonchev–Trinajstić information content (AvgIpc) is 2.04. The van der Waals surface area contributed by atoms with Crippen LogP contribution in [0.1, 0.15) is 12.0 Å². The highest BCUT2D eigenvalue weighted by atomic mass is 19.1. The second-order valence-electron chi connectivity index (χ2n) is 3.00. The molecule has 0 aliphatic heterocycles. The number of aldehydes is 1. The van der Waals surface area contributed by atoms with Gasteiger partial charge in [0.1, 0.15) is 12.1 Å². The summed E-state index contributed by atoms with van der Waals surface area (Å²) in [6.07, 6.45) is 1.64. The Morgan fingerprint density at radius 2 is 2.31 bits per heavy atom. The number of benzene rings is 1. The molecular weight excluding hydrogens is 169 g/mol. The molecule has 0 aliphatic rings. The summed E-state index contributed by atoms with van der Waals surface area (Å²) in [5.41, 5.74) is 6.44. The molecule has 0 saturated carbocycles. The van der Waals surface area contributed by atoms with Crippen LogP contribution in [-0.2, 0) is 11.2 Å². The number of hydrogen-bond donors (Lipinski definition) is 1. The molecule has 70 valence electrons. The molecule has 0 heterocycles. The Hall–Kier alpha value is -1.22. The summed E-state index contributed by atoms with van der Waals surface area (Å²) < 4.78 is 12.7. The molecule has 0 bridgehead atoms. The lowest BCUT2D eigenvalue weighted by Gasteiger charge is -2.07. The molecule has 0 fully saturated rings. The molecule has 0 unspecified atom stereocenters. The van der Waals surface area contributed by atoms with Crippen LogP contribution in [0.4, 0.5) is 4.39 Å². The van der Waals surface area contributed by atoms with E-state index < -0.39 is 0 Å². The van der Waals surface area contributed by atoms with Gasteiger partial charge in [0.25, 0.3) is 0 Å². The highest BCUT2D eigenvalue weighted by molar-refractivity contribution is 5.50. The van der Waals surface area contributed by atoms with E-state index in [0.717, 1.165) is 11.8 Å². The highest BCUT2D eigenvalue weighted by Crippen LogP contribution is 2.06. The van der Waals surface area contributed by atoms with Crippen LogP contribution in [0.5, 0.6) is 0 Å². The van der Waals surface area contributed by atoms with Crippen molar-refractivity contribution < 1.29 is 9.18 Å². The molecule has 1 rings (SSSR count). The molecule has 0 spiro atoms. The highest BCUT2D eigenvalue weighted by Gasteiger charge is 2.03. The van der Waals surface area contributed by atoms with Crippen molar-refractivity contribution in [1.29, 1.82) is 0 Å². The lowest BCUT2D eigenvalue weighted by atomic mass is 10.0. The lowest BCUT2D eigenvalue weighted by molar-refractivity contribution is -0.108. The van der Waals surface area contributed by atoms with E-state index in [-0.39, 0.29) is 11.9 Å². The van der Waals surface area contributed by atoms with Gasteiger partial charge in [0, 0.05) is 12.5 Å². The fourth-order valence-electron chi connectivity index (χ4n) is 1.17. The molecule has 0 aromatic heterocycles. The first-order valence-corrected chi connectivity index (χ1v) is 4.16. The Bertz CT molecular complexity index is 288. The number of carbonyl (C=O) groups excluding carboxylic acids is 1. The van der Waals surface area contributed by atoms with Gasteiger partial charge in [-0.05, 0) is 24.1 Å². The van der Waals surface area contributed by atoms with E-state index in [4.69, 9.17) is 5.73 Å². The fourth-order valence-corrected chi connectivity index (χ4v) is 1.17. The maximum absolute atomic E-state index is 12.7. The smallest absolute Gasteiger partial charge is 0.123 e. The molecule has 0 amide bonds. The Labute approximate surface area is 76.6 Å². The van der Waals surface area contributed by atoms with Gasteiger partial charge >= 0.3 is 0 Å². The number of rotatable bonds is 4. The molecule has 0 radical (unpaired) electrons. The molecule has 1 aromatic rings. The van der Waals surface area contributed by atoms with E-state index in [0.29, 0.717) is 12.8 Å². The Morgan fingerprint density at radius 3 is 2.92 bits per heavy atom. The second-order valence-corrected chi connectivity index (χ2v) is 3.00. The van der Waals surface area contributed by atoms with Gasteiger partial charge < -0.3 is 10.5 Å². The second kappa shape index (κ2) is 4.72. The van der Waals surface area contributed by atoms with Crippen LogP contribution in [0.25, 0.3) is 0 Å². The van der Waals surface area contributed by atoms with Gasteiger partial charge in [-0.15, -0.1) is 0 Å². The summed E-state index contributed by atoms with van der Waals surface area (Å²) in [6, 6.07) is 6.05. The minimum Gasteiger partial charge on any atom is -0.327 e. The molecular formula is C10H12FNO. The zero-order valence-corrected chi connectivity index (χ0v) is 7.24. The van der Waals surface area contributed by atoms with Crippen molar-refractivity contribution >= 4 is 6.29 Å². The maximum atomic E-state index is 12.7. The predicted octanol–water partition coefficient (Wildman–Crippen LogP) is 1.28. The molecule has 13 heavy (non-hydrogen) atoms. The molecule has 3 heteroatoms. The first kappa shape index (κ1) is 9.86. The van der Waals surface area contributed by atoms with Crippen molar-refractivity contribution in [2.45, 2.75) is 18.9 Å². The summed E-state index contributed by atoms with van der Waals surface area (Å²) in [6.45, 7) is 0. The van der Waals surface area contributed by atoms with Gasteiger partial charge in [0.15, 0.2) is 0 Å². The van der Waals surface area contributed by atoms with Crippen LogP contribution >= 0.6 is 0 Å². The summed E-state index contributed by atoms with van der Waals surface area (Å²) in [5.74, 6) is -0.268. The van der Waals surface area contributed by atoms with Gasteiger partial charge in [-0.2, -0.15) is 0 Å². The Balaban J connectivity index is 2.58. The quantitative estimate of drug-likeness (QED) is 0.711. The minimum atomic E-state index is -0.268. The zero-order chi connectivity index (χ0) is 9.68. The Morgan fingerprint density at radius 1 is 1.54 bits per heavy atom. The molecule has 0 saturated heterocycles. The van der Waals surface area contributed by atoms with Crippen molar-refractivity contribution in [3.8, 4) is 0 Å². The third kappa shape index (κ3) is 3.34. The average molecular weight is 181 g/mol. The van der Waals surface area contributed by atoms with Gasteiger partial charge in [-0.3, -0.25) is 0 Å². The topological polar surface area (TPSA) is 43.1 Å². The SMILES string of the molecule is N[C@@H](CC=O)Cc1cccc(F)c1. The first-order chi connectivity index (χ1) is 6.22. The minimum absolute atomic E-state index is 0.209. The lowest BCUT2D eigenvalue weighted by Crippen LogP contribution is -2.23. The molecule has 0 aliphatic carbocycles. The molecule has 2 nitrogen and oxygen atoms in total. The van der Waals surface area contributed by atoms with E-state index >= 15 is 0 Å². The normalized spacial score (nSPS) is 12.5. The third-order valence-corrected chi connectivity index (χ3v) is 1.79. The van der Waals surface area contributed by atoms with Crippen LogP contribution in [-0.4, -0.2) is 12.3 Å². The van der Waals surface area contributed by atoms with Gasteiger partial charge in [0.2, 0.25) is 0 Å². The van der Waals surface area contributed by atoms with Gasteiger partial charge in [-0.1, -0.05) is 12.1 Å².